The van der Waals surface area contributed by atoms with E-state index in [2.05, 4.69) is 6.08 Å². The lowest BCUT2D eigenvalue weighted by Crippen LogP contribution is -2.63. The first kappa shape index (κ1) is 20.1. The molecule has 2 aromatic rings. The van der Waals surface area contributed by atoms with Crippen LogP contribution in [0.5, 0.6) is 0 Å². The Labute approximate surface area is 181 Å². The van der Waals surface area contributed by atoms with Gasteiger partial charge >= 0.3 is 0 Å². The van der Waals surface area contributed by atoms with E-state index in [0.717, 1.165) is 20.8 Å². The van der Waals surface area contributed by atoms with Crippen LogP contribution in [0.15, 0.2) is 48.7 Å². The van der Waals surface area contributed by atoms with E-state index in [0.29, 0.717) is 5.02 Å². The lowest BCUT2D eigenvalue weighted by molar-refractivity contribution is -0.260. The second kappa shape index (κ2) is 7.72. The maximum atomic E-state index is 10.6. The first-order chi connectivity index (χ1) is 14.5. The SMILES string of the molecule is OCC1OC(N2C=C(c3nc4ccc(Cl)cc4s3)C3C=CC=CC32)C(O)C(O)C1O. The molecule has 1 saturated heterocycles. The molecule has 1 aromatic heterocycles. The van der Waals surface area contributed by atoms with Crippen molar-refractivity contribution in [2.45, 2.75) is 36.7 Å². The normalized spacial score (nSPS) is 35.7. The largest absolute Gasteiger partial charge is 0.394 e. The summed E-state index contributed by atoms with van der Waals surface area (Å²) in [5.41, 5.74) is 1.83. The van der Waals surface area contributed by atoms with Crippen LogP contribution in [0.25, 0.3) is 15.8 Å². The highest BCUT2D eigenvalue weighted by atomic mass is 35.5. The minimum Gasteiger partial charge on any atom is -0.394 e. The monoisotopic (exact) mass is 448 g/mol. The molecule has 0 spiro atoms. The van der Waals surface area contributed by atoms with Gasteiger partial charge in [0.25, 0.3) is 0 Å². The first-order valence-electron chi connectivity index (χ1n) is 9.69. The Hall–Kier alpha value is -1.78. The number of aliphatic hydroxyl groups excluding tert-OH is 4. The quantitative estimate of drug-likeness (QED) is 0.564. The molecular formula is C21H21ClN2O5S. The van der Waals surface area contributed by atoms with Crippen molar-refractivity contribution in [1.29, 1.82) is 0 Å². The van der Waals surface area contributed by atoms with Crippen molar-refractivity contribution in [2.24, 2.45) is 5.92 Å². The third-order valence-electron chi connectivity index (χ3n) is 5.86. The summed E-state index contributed by atoms with van der Waals surface area (Å²) in [7, 11) is 0. The van der Waals surface area contributed by atoms with Crippen LogP contribution in [0.2, 0.25) is 5.02 Å². The van der Waals surface area contributed by atoms with Crippen molar-refractivity contribution in [2.75, 3.05) is 6.61 Å². The molecule has 1 fully saturated rings. The Morgan fingerprint density at radius 1 is 1.10 bits per heavy atom. The summed E-state index contributed by atoms with van der Waals surface area (Å²) in [5, 5.41) is 42.0. The number of aliphatic hydroxyl groups is 4. The van der Waals surface area contributed by atoms with Crippen molar-refractivity contribution in [3.63, 3.8) is 0 Å². The smallest absolute Gasteiger partial charge is 0.159 e. The predicted octanol–water partition coefficient (Wildman–Crippen LogP) is 1.52. The van der Waals surface area contributed by atoms with Crippen LogP contribution in [0.3, 0.4) is 0 Å². The van der Waals surface area contributed by atoms with Gasteiger partial charge in [0.1, 0.15) is 29.4 Å². The van der Waals surface area contributed by atoms with E-state index in [9.17, 15) is 20.4 Å². The van der Waals surface area contributed by atoms with Crippen molar-refractivity contribution in [1.82, 2.24) is 9.88 Å². The van der Waals surface area contributed by atoms with Crippen molar-refractivity contribution in [3.05, 3.63) is 58.7 Å². The summed E-state index contributed by atoms with van der Waals surface area (Å²) >= 11 is 7.66. The number of thiazole rings is 1. The fourth-order valence-electron chi connectivity index (χ4n) is 4.29. The number of hydrogen-bond donors (Lipinski definition) is 4. The van der Waals surface area contributed by atoms with Gasteiger partial charge in [0.15, 0.2) is 6.23 Å². The third-order valence-corrected chi connectivity index (χ3v) is 7.16. The summed E-state index contributed by atoms with van der Waals surface area (Å²) in [6.07, 6.45) is 3.81. The van der Waals surface area contributed by atoms with Crippen LogP contribution in [-0.2, 0) is 4.74 Å². The molecule has 1 aromatic carbocycles. The molecule has 4 N–H and O–H groups in total. The lowest BCUT2D eigenvalue weighted by atomic mass is 9.90. The van der Waals surface area contributed by atoms with E-state index in [1.807, 2.05) is 47.5 Å². The summed E-state index contributed by atoms with van der Waals surface area (Å²) in [6.45, 7) is -0.464. The molecule has 0 amide bonds. The van der Waals surface area contributed by atoms with E-state index >= 15 is 0 Å². The summed E-state index contributed by atoms with van der Waals surface area (Å²) in [4.78, 5) is 6.59. The summed E-state index contributed by atoms with van der Waals surface area (Å²) < 4.78 is 6.78. The Bertz CT molecular complexity index is 1050. The zero-order chi connectivity index (χ0) is 21.0. The highest BCUT2D eigenvalue weighted by Crippen LogP contribution is 2.43. The van der Waals surface area contributed by atoms with Gasteiger partial charge in [-0.3, -0.25) is 0 Å². The van der Waals surface area contributed by atoms with Crippen LogP contribution < -0.4 is 0 Å². The van der Waals surface area contributed by atoms with Gasteiger partial charge in [0.2, 0.25) is 0 Å². The number of nitrogens with zero attached hydrogens (tertiary/aromatic N) is 2. The van der Waals surface area contributed by atoms with Crippen molar-refractivity contribution < 1.29 is 25.2 Å². The zero-order valence-corrected chi connectivity index (χ0v) is 17.3. The van der Waals surface area contributed by atoms with Gasteiger partial charge in [-0.1, -0.05) is 35.9 Å². The number of hydrogen-bond acceptors (Lipinski definition) is 8. The minimum absolute atomic E-state index is 0.0154. The molecular weight excluding hydrogens is 428 g/mol. The van der Waals surface area contributed by atoms with E-state index in [1.54, 1.807) is 0 Å². The van der Waals surface area contributed by atoms with Gasteiger partial charge in [-0.05, 0) is 18.2 Å². The van der Waals surface area contributed by atoms with E-state index in [1.165, 1.54) is 11.3 Å². The molecule has 7 atom stereocenters. The first-order valence-corrected chi connectivity index (χ1v) is 10.9. The predicted molar refractivity (Wildman–Crippen MR) is 114 cm³/mol. The number of fused-ring (bicyclic) bond motifs is 2. The van der Waals surface area contributed by atoms with Crippen LogP contribution in [0.1, 0.15) is 5.01 Å². The number of allylic oxidation sites excluding steroid dienone is 2. The molecule has 30 heavy (non-hydrogen) atoms. The van der Waals surface area contributed by atoms with Crippen molar-refractivity contribution >= 4 is 38.7 Å². The molecule has 3 aliphatic rings. The molecule has 0 radical (unpaired) electrons. The minimum atomic E-state index is -1.43. The fourth-order valence-corrected chi connectivity index (χ4v) is 5.59. The lowest BCUT2D eigenvalue weighted by Gasteiger charge is -2.45. The van der Waals surface area contributed by atoms with Crippen LogP contribution in [0.4, 0.5) is 0 Å². The standard InChI is InChI=1S/C21H21ClN2O5S/c22-10-5-6-13-16(7-10)30-20(23-13)12-8-24(14-4-2-1-3-11(12)14)21-19(28)18(27)17(26)15(9-25)29-21/h1-8,11,14-15,17-19,21,25-28H,9H2. The maximum absolute atomic E-state index is 10.6. The highest BCUT2D eigenvalue weighted by Gasteiger charge is 2.49. The average molecular weight is 449 g/mol. The molecule has 7 unspecified atom stereocenters. The van der Waals surface area contributed by atoms with Crippen LogP contribution in [-0.4, -0.2) is 73.6 Å². The van der Waals surface area contributed by atoms with Gasteiger partial charge in [-0.15, -0.1) is 11.3 Å². The Balaban J connectivity index is 1.54. The molecule has 158 valence electrons. The Morgan fingerprint density at radius 3 is 2.70 bits per heavy atom. The number of ether oxygens (including phenoxy) is 1. The summed E-state index contributed by atoms with van der Waals surface area (Å²) in [5.74, 6) is -0.0154. The van der Waals surface area contributed by atoms with E-state index in [4.69, 9.17) is 21.3 Å². The van der Waals surface area contributed by atoms with Crippen molar-refractivity contribution in [3.8, 4) is 0 Å². The van der Waals surface area contributed by atoms with Gasteiger partial charge in [-0.25, -0.2) is 4.98 Å². The topological polar surface area (TPSA) is 106 Å². The van der Waals surface area contributed by atoms with Crippen LogP contribution >= 0.6 is 22.9 Å². The fraction of sp³-hybridized carbons (Fsp3) is 0.381. The van der Waals surface area contributed by atoms with Gasteiger partial charge in [0, 0.05) is 22.7 Å². The Morgan fingerprint density at radius 2 is 1.90 bits per heavy atom. The third kappa shape index (κ3) is 3.20. The molecule has 3 heterocycles. The number of halogens is 1. The van der Waals surface area contributed by atoms with Gasteiger partial charge < -0.3 is 30.1 Å². The maximum Gasteiger partial charge on any atom is 0.159 e. The zero-order valence-electron chi connectivity index (χ0n) is 15.7. The van der Waals surface area contributed by atoms with E-state index in [-0.39, 0.29) is 12.0 Å². The van der Waals surface area contributed by atoms with Crippen LogP contribution in [0, 0.1) is 5.92 Å². The highest BCUT2D eigenvalue weighted by molar-refractivity contribution is 7.19. The second-order valence-corrected chi connectivity index (χ2v) is 9.14. The molecule has 7 nitrogen and oxygen atoms in total. The molecule has 0 saturated carbocycles. The molecule has 2 aliphatic heterocycles. The van der Waals surface area contributed by atoms with E-state index < -0.39 is 37.3 Å². The molecule has 1 aliphatic carbocycles. The number of aromatic nitrogens is 1. The second-order valence-electron chi connectivity index (χ2n) is 7.67. The number of benzene rings is 1. The van der Waals surface area contributed by atoms with Gasteiger partial charge in [0.05, 0.1) is 22.9 Å². The molecule has 0 bridgehead atoms. The van der Waals surface area contributed by atoms with Gasteiger partial charge in [-0.2, -0.15) is 0 Å². The molecule has 9 heteroatoms. The molecule has 5 rings (SSSR count). The Kier molecular flexibility index (Phi) is 5.19. The number of rotatable bonds is 3. The summed E-state index contributed by atoms with van der Waals surface area (Å²) in [6, 6.07) is 5.43. The average Bonchev–Trinajstić information content (AvgIpc) is 3.33.